The van der Waals surface area contributed by atoms with Crippen LogP contribution in [0.2, 0.25) is 0 Å². The van der Waals surface area contributed by atoms with Gasteiger partial charge in [0.25, 0.3) is 0 Å². The van der Waals surface area contributed by atoms with Gasteiger partial charge in [0.2, 0.25) is 0 Å². The maximum absolute atomic E-state index is 13.1. The number of carbonyl (C=O) groups is 2. The largest absolute Gasteiger partial charge is 0.519 e. The average Bonchev–Trinajstić information content (AvgIpc) is 3.26. The Morgan fingerprint density at radius 3 is 1.39 bits per heavy atom. The second-order valence-electron chi connectivity index (χ2n) is 16.0. The Kier molecular flexibility index (Phi) is 12.7. The molecule has 0 saturated heterocycles. The average molecular weight is 822 g/mol. The van der Waals surface area contributed by atoms with Gasteiger partial charge in [-0.1, -0.05) is 110 Å². The van der Waals surface area contributed by atoms with Gasteiger partial charge < -0.3 is 23.8 Å². The van der Waals surface area contributed by atoms with Gasteiger partial charge in [0.05, 0.1) is 7.11 Å². The molecule has 0 aliphatic heterocycles. The van der Waals surface area contributed by atoms with Crippen LogP contribution in [-0.4, -0.2) is 19.2 Å². The first kappa shape index (κ1) is 42.7. The SMILES string of the molecule is COc1ccc(/C(=C\c2ccc(N(c3ccc(C)cc3)c3ccc(C)cc3)cc2)c2ccc(OC(=O)Oc3ccc(C(C)(C)c4ccc(OC(C)=O)c(C)c4)cc3C)cc2)cc1. The highest BCUT2D eigenvalue weighted by atomic mass is 16.7. The van der Waals surface area contributed by atoms with E-state index in [1.807, 2.05) is 80.6 Å². The van der Waals surface area contributed by atoms with Gasteiger partial charge in [-0.15, -0.1) is 0 Å². The van der Waals surface area contributed by atoms with Crippen molar-refractivity contribution in [2.24, 2.45) is 0 Å². The van der Waals surface area contributed by atoms with Gasteiger partial charge >= 0.3 is 12.1 Å². The molecule has 0 spiro atoms. The Bertz CT molecular complexity index is 2670. The number of ether oxygens (including phenoxy) is 4. The molecule has 0 bridgehead atoms. The van der Waals surface area contributed by atoms with E-state index < -0.39 is 6.16 Å². The van der Waals surface area contributed by atoms with Crippen LogP contribution < -0.4 is 23.8 Å². The molecule has 0 fully saturated rings. The molecule has 0 atom stereocenters. The quantitative estimate of drug-likeness (QED) is 0.0526. The Hall–Kier alpha value is -7.38. The first-order valence-corrected chi connectivity index (χ1v) is 20.6. The van der Waals surface area contributed by atoms with Gasteiger partial charge in [-0.05, 0) is 151 Å². The summed E-state index contributed by atoms with van der Waals surface area (Å²) in [5, 5.41) is 0. The number of methoxy groups -OCH3 is 1. The molecule has 0 aliphatic carbocycles. The van der Waals surface area contributed by atoms with Crippen molar-refractivity contribution < 1.29 is 28.5 Å². The molecule has 0 amide bonds. The molecule has 0 aliphatic rings. The second-order valence-corrected chi connectivity index (χ2v) is 16.0. The third kappa shape index (κ3) is 9.96. The van der Waals surface area contributed by atoms with E-state index in [9.17, 15) is 9.59 Å². The molecule has 7 aromatic carbocycles. The zero-order valence-corrected chi connectivity index (χ0v) is 36.5. The maximum atomic E-state index is 13.1. The predicted octanol–water partition coefficient (Wildman–Crippen LogP) is 13.8. The number of aryl methyl sites for hydroxylation is 4. The van der Waals surface area contributed by atoms with Gasteiger partial charge in [0, 0.05) is 29.4 Å². The van der Waals surface area contributed by atoms with Gasteiger partial charge in [0.15, 0.2) is 0 Å². The molecular formula is C55H51NO6. The Balaban J connectivity index is 1.09. The van der Waals surface area contributed by atoms with Crippen molar-refractivity contribution in [1.82, 2.24) is 0 Å². The lowest BCUT2D eigenvalue weighted by Crippen LogP contribution is -2.20. The standard InChI is InChI=1S/C55H51NO6/c1-36-9-21-46(22-10-36)56(47-23-11-37(2)12-24-47)48-25-13-41(14-26-48)35-51(42-15-27-49(59-8)28-16-42)43-17-29-50(30-18-43)61-54(58)62-53-32-20-45(34-39(53)4)55(6,7)44-19-31-52(38(3)33-44)60-40(5)57/h9-35H,1-8H3/b51-35+. The highest BCUT2D eigenvalue weighted by Gasteiger charge is 2.25. The number of nitrogens with zero attached hydrogens (tertiary/aromatic N) is 1. The van der Waals surface area contributed by atoms with E-state index in [1.165, 1.54) is 18.1 Å². The minimum atomic E-state index is -0.833. The summed E-state index contributed by atoms with van der Waals surface area (Å²) < 4.78 is 22.1. The fourth-order valence-corrected chi connectivity index (χ4v) is 7.36. The number of hydrogen-bond acceptors (Lipinski definition) is 7. The molecule has 312 valence electrons. The van der Waals surface area contributed by atoms with Gasteiger partial charge in [-0.3, -0.25) is 4.79 Å². The summed E-state index contributed by atoms with van der Waals surface area (Å²) in [7, 11) is 1.66. The number of carbonyl (C=O) groups excluding carboxylic acids is 2. The molecule has 0 heterocycles. The summed E-state index contributed by atoms with van der Waals surface area (Å²) in [4.78, 5) is 26.9. The topological polar surface area (TPSA) is 74.3 Å². The first-order chi connectivity index (χ1) is 29.8. The fourth-order valence-electron chi connectivity index (χ4n) is 7.36. The zero-order chi connectivity index (χ0) is 44.0. The van der Waals surface area contributed by atoms with Crippen molar-refractivity contribution in [2.45, 2.75) is 53.9 Å². The van der Waals surface area contributed by atoms with Crippen molar-refractivity contribution in [3.63, 3.8) is 0 Å². The lowest BCUT2D eigenvalue weighted by molar-refractivity contribution is -0.131. The third-order valence-electron chi connectivity index (χ3n) is 11.1. The molecule has 0 unspecified atom stereocenters. The third-order valence-corrected chi connectivity index (χ3v) is 11.1. The van der Waals surface area contributed by atoms with Crippen LogP contribution in [-0.2, 0) is 10.2 Å². The van der Waals surface area contributed by atoms with E-state index in [-0.39, 0.29) is 11.4 Å². The van der Waals surface area contributed by atoms with Crippen molar-refractivity contribution in [3.8, 4) is 23.0 Å². The van der Waals surface area contributed by atoms with Crippen LogP contribution in [0.25, 0.3) is 11.6 Å². The lowest BCUT2D eigenvalue weighted by Gasteiger charge is -2.27. The van der Waals surface area contributed by atoms with Crippen molar-refractivity contribution in [3.05, 3.63) is 208 Å². The molecular weight excluding hydrogens is 771 g/mol. The van der Waals surface area contributed by atoms with Crippen LogP contribution in [0.5, 0.6) is 23.0 Å². The summed E-state index contributed by atoms with van der Waals surface area (Å²) in [5.74, 6) is 1.72. The molecule has 0 aromatic heterocycles. The summed E-state index contributed by atoms with van der Waals surface area (Å²) in [6.45, 7) is 13.7. The highest BCUT2D eigenvalue weighted by Crippen LogP contribution is 2.38. The monoisotopic (exact) mass is 821 g/mol. The molecule has 62 heavy (non-hydrogen) atoms. The lowest BCUT2D eigenvalue weighted by atomic mass is 9.77. The normalized spacial score (nSPS) is 11.5. The highest BCUT2D eigenvalue weighted by molar-refractivity contribution is 5.92. The van der Waals surface area contributed by atoms with Crippen molar-refractivity contribution >= 4 is 40.8 Å². The Morgan fingerprint density at radius 2 is 0.952 bits per heavy atom. The van der Waals surface area contributed by atoms with Crippen LogP contribution in [0.1, 0.15) is 70.8 Å². The summed E-state index contributed by atoms with van der Waals surface area (Å²) in [6, 6.07) is 52.6. The van der Waals surface area contributed by atoms with Crippen LogP contribution in [0.3, 0.4) is 0 Å². The van der Waals surface area contributed by atoms with E-state index in [1.54, 1.807) is 25.3 Å². The molecule has 7 nitrogen and oxygen atoms in total. The molecule has 7 rings (SSSR count). The Morgan fingerprint density at radius 1 is 0.516 bits per heavy atom. The maximum Gasteiger partial charge on any atom is 0.519 e. The summed E-state index contributed by atoms with van der Waals surface area (Å²) in [6.07, 6.45) is 1.32. The molecule has 0 radical (unpaired) electrons. The summed E-state index contributed by atoms with van der Waals surface area (Å²) in [5.41, 5.74) is 12.9. The number of esters is 1. The molecule has 7 heteroatoms. The van der Waals surface area contributed by atoms with E-state index in [2.05, 4.69) is 111 Å². The number of rotatable bonds is 12. The van der Waals surface area contributed by atoms with Gasteiger partial charge in [-0.2, -0.15) is 0 Å². The van der Waals surface area contributed by atoms with Gasteiger partial charge in [0.1, 0.15) is 23.0 Å². The molecule has 0 saturated carbocycles. The number of hydrogen-bond donors (Lipinski definition) is 0. The van der Waals surface area contributed by atoms with Crippen LogP contribution >= 0.6 is 0 Å². The van der Waals surface area contributed by atoms with Crippen LogP contribution in [0.4, 0.5) is 21.9 Å². The Labute approximate surface area is 364 Å². The van der Waals surface area contributed by atoms with Crippen LogP contribution in [0.15, 0.2) is 158 Å². The zero-order valence-electron chi connectivity index (χ0n) is 36.5. The van der Waals surface area contributed by atoms with Crippen molar-refractivity contribution in [2.75, 3.05) is 12.0 Å². The van der Waals surface area contributed by atoms with Crippen LogP contribution in [0, 0.1) is 27.7 Å². The van der Waals surface area contributed by atoms with Crippen molar-refractivity contribution in [1.29, 1.82) is 0 Å². The number of benzene rings is 7. The van der Waals surface area contributed by atoms with E-state index in [0.717, 1.165) is 67.3 Å². The van der Waals surface area contributed by atoms with E-state index in [0.29, 0.717) is 17.2 Å². The van der Waals surface area contributed by atoms with E-state index >= 15 is 0 Å². The summed E-state index contributed by atoms with van der Waals surface area (Å²) >= 11 is 0. The first-order valence-electron chi connectivity index (χ1n) is 20.6. The molecule has 7 aromatic rings. The predicted molar refractivity (Wildman–Crippen MR) is 249 cm³/mol. The van der Waals surface area contributed by atoms with Gasteiger partial charge in [-0.25, -0.2) is 4.79 Å². The van der Waals surface area contributed by atoms with E-state index in [4.69, 9.17) is 18.9 Å². The minimum absolute atomic E-state index is 0.354. The smallest absolute Gasteiger partial charge is 0.497 e. The number of anilines is 3. The fraction of sp³-hybridized carbons (Fsp3) is 0.164. The second kappa shape index (κ2) is 18.5. The molecule has 0 N–H and O–H groups in total. The minimum Gasteiger partial charge on any atom is -0.497 e.